The molecule has 2 saturated heterocycles. The minimum Gasteiger partial charge on any atom is -0.481 e. The van der Waals surface area contributed by atoms with E-state index in [0.717, 1.165) is 34.6 Å². The Morgan fingerprint density at radius 3 is 2.84 bits per heavy atom. The minimum atomic E-state index is -0.376. The molecule has 2 amide bonds. The smallest absolute Gasteiger partial charge is 0.414 e. The molecule has 11 heteroatoms. The number of nitrogens with zero attached hydrogens (tertiary/aromatic N) is 4. The molecule has 1 aromatic carbocycles. The van der Waals surface area contributed by atoms with Crippen molar-refractivity contribution in [3.05, 3.63) is 52.8 Å². The number of pyridine rings is 2. The first-order chi connectivity index (χ1) is 18.0. The largest absolute Gasteiger partial charge is 0.481 e. The monoisotopic (exact) mass is 521 g/mol. The van der Waals surface area contributed by atoms with Gasteiger partial charge in [-0.05, 0) is 43.3 Å². The van der Waals surface area contributed by atoms with Crippen molar-refractivity contribution in [2.24, 2.45) is 5.92 Å². The molecule has 2 atom stereocenters. The molecule has 37 heavy (non-hydrogen) atoms. The second kappa shape index (κ2) is 9.71. The number of carbonyl (C=O) groups excluding carboxylic acids is 2. The Hall–Kier alpha value is -3.57. The molecule has 2 unspecified atom stereocenters. The molecule has 1 N–H and O–H groups in total. The van der Waals surface area contributed by atoms with Gasteiger partial charge in [0.05, 0.1) is 18.6 Å². The van der Waals surface area contributed by atoms with E-state index in [4.69, 9.17) is 9.47 Å². The van der Waals surface area contributed by atoms with Gasteiger partial charge >= 0.3 is 6.09 Å². The van der Waals surface area contributed by atoms with Crippen LogP contribution in [-0.4, -0.2) is 71.6 Å². The number of carbonyl (C=O) groups is 2. The zero-order valence-electron chi connectivity index (χ0n) is 20.4. The Morgan fingerprint density at radius 1 is 1.11 bits per heavy atom. The van der Waals surface area contributed by atoms with E-state index < -0.39 is 0 Å². The molecular weight excluding hydrogens is 494 g/mol. The average Bonchev–Trinajstić information content (AvgIpc) is 2.91. The zero-order valence-corrected chi connectivity index (χ0v) is 21.2. The summed E-state index contributed by atoms with van der Waals surface area (Å²) in [6, 6.07) is 12.7. The molecule has 192 valence electrons. The van der Waals surface area contributed by atoms with Crippen LogP contribution in [0.3, 0.4) is 0 Å². The molecule has 10 nitrogen and oxygen atoms in total. The van der Waals surface area contributed by atoms with E-state index in [2.05, 4.69) is 15.2 Å². The first-order valence-electron chi connectivity index (χ1n) is 12.3. The fraction of sp³-hybridized carbons (Fsp3) is 0.385. The third kappa shape index (κ3) is 4.64. The molecule has 3 aliphatic rings. The second-order valence-corrected chi connectivity index (χ2v) is 10.5. The number of hydrogen-bond donors (Lipinski definition) is 1. The van der Waals surface area contributed by atoms with Gasteiger partial charge in [0.1, 0.15) is 11.8 Å². The van der Waals surface area contributed by atoms with Crippen molar-refractivity contribution in [2.45, 2.75) is 24.0 Å². The number of fused-ring (bicyclic) bond motifs is 3. The van der Waals surface area contributed by atoms with Gasteiger partial charge in [-0.2, -0.15) is 4.98 Å². The summed E-state index contributed by atoms with van der Waals surface area (Å²) < 4.78 is 12.8. The van der Waals surface area contributed by atoms with E-state index in [0.29, 0.717) is 43.5 Å². The number of piperidine rings is 1. The number of thioether (sulfide) groups is 1. The number of methoxy groups -OCH3 is 1. The van der Waals surface area contributed by atoms with Crippen molar-refractivity contribution in [1.29, 1.82) is 0 Å². The maximum atomic E-state index is 12.9. The van der Waals surface area contributed by atoms with Crippen LogP contribution in [0.15, 0.2) is 52.2 Å². The Kier molecular flexibility index (Phi) is 6.25. The van der Waals surface area contributed by atoms with E-state index in [1.807, 2.05) is 24.3 Å². The maximum absolute atomic E-state index is 12.9. The maximum Gasteiger partial charge on any atom is 0.414 e. The van der Waals surface area contributed by atoms with Crippen LogP contribution in [0.25, 0.3) is 11.0 Å². The molecule has 3 aliphatic heterocycles. The lowest BCUT2D eigenvalue weighted by atomic mass is 9.91. The van der Waals surface area contributed by atoms with Gasteiger partial charge in [-0.1, -0.05) is 0 Å². The van der Waals surface area contributed by atoms with E-state index in [-0.39, 0.29) is 29.6 Å². The standard InChI is InChI=1S/C26H27N5O5S/c1-35-23-6-2-16-3-7-24(33)30(25(16)28-23)11-10-29-9-8-17-13-31(26(34)36-20(17)14-29)18-4-5-21-19(12-18)27-22(32)15-37-21/h2-7,12,17,20H,8-11,13-15H2,1H3,(H,27,32). The van der Waals surface area contributed by atoms with Crippen LogP contribution in [0, 0.1) is 5.92 Å². The van der Waals surface area contributed by atoms with Crippen LogP contribution >= 0.6 is 11.8 Å². The summed E-state index contributed by atoms with van der Waals surface area (Å²) in [4.78, 5) is 46.7. The average molecular weight is 522 g/mol. The highest BCUT2D eigenvalue weighted by atomic mass is 32.2. The number of nitrogens with one attached hydrogen (secondary N) is 1. The number of aromatic nitrogens is 2. The molecule has 6 rings (SSSR count). The molecule has 0 bridgehead atoms. The summed E-state index contributed by atoms with van der Waals surface area (Å²) in [5.74, 6) is 1.04. The highest BCUT2D eigenvalue weighted by molar-refractivity contribution is 8.00. The lowest BCUT2D eigenvalue weighted by molar-refractivity contribution is -0.113. The first kappa shape index (κ1) is 23.8. The van der Waals surface area contributed by atoms with E-state index in [9.17, 15) is 14.4 Å². The fourth-order valence-corrected chi connectivity index (χ4v) is 6.03. The summed E-state index contributed by atoms with van der Waals surface area (Å²) in [7, 11) is 1.55. The summed E-state index contributed by atoms with van der Waals surface area (Å²) in [6.45, 7) is 3.16. The predicted octanol–water partition coefficient (Wildman–Crippen LogP) is 2.80. The number of rotatable bonds is 5. The summed E-state index contributed by atoms with van der Waals surface area (Å²) in [5.41, 5.74) is 1.95. The van der Waals surface area contributed by atoms with Crippen molar-refractivity contribution < 1.29 is 19.1 Å². The summed E-state index contributed by atoms with van der Waals surface area (Å²) in [6.07, 6.45) is 0.301. The SMILES string of the molecule is COc1ccc2ccc(=O)n(CCN3CCC4CN(c5ccc6c(c5)NC(=O)CS6)C(=O)OC4C3)c2n1. The summed E-state index contributed by atoms with van der Waals surface area (Å²) >= 11 is 1.49. The molecule has 0 spiro atoms. The topological polar surface area (TPSA) is 106 Å². The third-order valence-corrected chi connectivity index (χ3v) is 8.31. The third-order valence-electron chi connectivity index (χ3n) is 7.23. The van der Waals surface area contributed by atoms with Crippen molar-refractivity contribution >= 4 is 46.2 Å². The number of benzene rings is 1. The Labute approximate surface area is 217 Å². The van der Waals surface area contributed by atoms with Crippen LogP contribution in [0.5, 0.6) is 5.88 Å². The van der Waals surface area contributed by atoms with Gasteiger partial charge in [0.15, 0.2) is 0 Å². The highest BCUT2D eigenvalue weighted by Crippen LogP contribution is 2.36. The Balaban J connectivity index is 1.12. The molecule has 0 saturated carbocycles. The van der Waals surface area contributed by atoms with Crippen LogP contribution < -0.4 is 20.5 Å². The van der Waals surface area contributed by atoms with Crippen molar-refractivity contribution in [3.8, 4) is 5.88 Å². The van der Waals surface area contributed by atoms with Crippen molar-refractivity contribution in [3.63, 3.8) is 0 Å². The van der Waals surface area contributed by atoms with Gasteiger partial charge in [-0.25, -0.2) is 4.79 Å². The van der Waals surface area contributed by atoms with E-state index in [1.54, 1.807) is 34.8 Å². The fourth-order valence-electron chi connectivity index (χ4n) is 5.24. The van der Waals surface area contributed by atoms with Gasteiger partial charge < -0.3 is 14.8 Å². The zero-order chi connectivity index (χ0) is 25.5. The molecule has 5 heterocycles. The number of hydrogen-bond acceptors (Lipinski definition) is 8. The lowest BCUT2D eigenvalue weighted by Gasteiger charge is -2.44. The Bertz CT molecular complexity index is 1440. The van der Waals surface area contributed by atoms with Crippen LogP contribution in [-0.2, 0) is 16.1 Å². The minimum absolute atomic E-state index is 0.0380. The van der Waals surface area contributed by atoms with Crippen LogP contribution in [0.4, 0.5) is 16.2 Å². The van der Waals surface area contributed by atoms with Gasteiger partial charge in [-0.3, -0.25) is 24.0 Å². The van der Waals surface area contributed by atoms with Gasteiger partial charge in [0.2, 0.25) is 11.8 Å². The molecular formula is C26H27N5O5S. The number of anilines is 2. The van der Waals surface area contributed by atoms with E-state index in [1.165, 1.54) is 11.8 Å². The highest BCUT2D eigenvalue weighted by Gasteiger charge is 2.40. The second-order valence-electron chi connectivity index (χ2n) is 9.49. The lowest BCUT2D eigenvalue weighted by Crippen LogP contribution is -2.56. The van der Waals surface area contributed by atoms with Gasteiger partial charge in [-0.15, -0.1) is 11.8 Å². The number of amides is 2. The normalized spacial score (nSPS) is 21.7. The summed E-state index contributed by atoms with van der Waals surface area (Å²) in [5, 5.41) is 3.76. The van der Waals surface area contributed by atoms with E-state index >= 15 is 0 Å². The van der Waals surface area contributed by atoms with Crippen LogP contribution in [0.1, 0.15) is 6.42 Å². The molecule has 3 aromatic rings. The van der Waals surface area contributed by atoms with Crippen molar-refractivity contribution in [1.82, 2.24) is 14.5 Å². The quantitative estimate of drug-likeness (QED) is 0.547. The van der Waals surface area contributed by atoms with Crippen molar-refractivity contribution in [2.75, 3.05) is 49.3 Å². The van der Waals surface area contributed by atoms with Gasteiger partial charge in [0.25, 0.3) is 5.56 Å². The molecule has 2 aromatic heterocycles. The van der Waals surface area contributed by atoms with Gasteiger partial charge in [0, 0.05) is 60.2 Å². The Morgan fingerprint density at radius 2 is 1.97 bits per heavy atom. The predicted molar refractivity (Wildman–Crippen MR) is 141 cm³/mol. The molecule has 0 radical (unpaired) electrons. The molecule has 2 fully saturated rings. The first-order valence-corrected chi connectivity index (χ1v) is 13.3. The number of ether oxygens (including phenoxy) is 2. The molecule has 0 aliphatic carbocycles. The number of likely N-dealkylation sites (tertiary alicyclic amines) is 1. The van der Waals surface area contributed by atoms with Crippen LogP contribution in [0.2, 0.25) is 0 Å².